The van der Waals surface area contributed by atoms with E-state index in [1.807, 2.05) is 10.3 Å². The molecular weight excluding hydrogens is 302 g/mol. The topological polar surface area (TPSA) is 82.5 Å². The van der Waals surface area contributed by atoms with Crippen LogP contribution < -0.4 is 5.32 Å². The molecule has 0 saturated carbocycles. The highest BCUT2D eigenvalue weighted by Crippen LogP contribution is 2.32. The Kier molecular flexibility index (Phi) is 5.90. The van der Waals surface area contributed by atoms with Crippen molar-refractivity contribution in [2.75, 3.05) is 19.6 Å². The number of carboxylic acid groups (broad SMARTS) is 1. The fraction of sp³-hybridized carbons (Fsp3) is 0.667. The first-order valence-corrected chi connectivity index (χ1v) is 8.54. The van der Waals surface area contributed by atoms with E-state index in [1.165, 1.54) is 6.92 Å². The number of rotatable bonds is 7. The zero-order chi connectivity index (χ0) is 16.1. The number of carbonyl (C=O) groups is 2. The molecule has 1 saturated heterocycles. The van der Waals surface area contributed by atoms with Gasteiger partial charge in [0.25, 0.3) is 0 Å². The highest BCUT2D eigenvalue weighted by Gasteiger charge is 2.38. The van der Waals surface area contributed by atoms with Gasteiger partial charge in [0.05, 0.1) is 11.2 Å². The Morgan fingerprint density at radius 1 is 1.59 bits per heavy atom. The van der Waals surface area contributed by atoms with Crippen molar-refractivity contribution in [1.29, 1.82) is 0 Å². The van der Waals surface area contributed by atoms with Gasteiger partial charge in [0.2, 0.25) is 5.91 Å². The molecule has 22 heavy (non-hydrogen) atoms. The molecular formula is C15H23N3O3S. The fourth-order valence-corrected chi connectivity index (χ4v) is 3.59. The van der Waals surface area contributed by atoms with Crippen molar-refractivity contribution in [2.45, 2.75) is 38.6 Å². The predicted octanol–water partition coefficient (Wildman–Crippen LogP) is 1.55. The van der Waals surface area contributed by atoms with Crippen molar-refractivity contribution < 1.29 is 14.7 Å². The summed E-state index contributed by atoms with van der Waals surface area (Å²) in [5, 5.41) is 14.3. The van der Waals surface area contributed by atoms with Crippen LogP contribution in [0.25, 0.3) is 0 Å². The lowest BCUT2D eigenvalue weighted by atomic mass is 10.0. The van der Waals surface area contributed by atoms with Crippen LogP contribution in [0, 0.1) is 5.92 Å². The van der Waals surface area contributed by atoms with Crippen LogP contribution in [0.4, 0.5) is 0 Å². The molecule has 1 aliphatic rings. The Labute approximate surface area is 134 Å². The number of amides is 1. The number of carboxylic acids is 1. The molecule has 0 spiro atoms. The lowest BCUT2D eigenvalue weighted by Gasteiger charge is -2.26. The number of aliphatic carboxylic acids is 1. The van der Waals surface area contributed by atoms with Crippen LogP contribution in [0.1, 0.15) is 38.3 Å². The standard InChI is InChI=1S/C15H23N3O3S/c1-3-11(5-16-10(2)19)6-18-7-12(4-14(18)15(20)21)13-8-22-9-17-13/h8-9,11-12,14H,3-7H2,1-2H3,(H,16,19)(H,20,21)/t11?,12-,14-/m1/s1. The molecule has 1 aliphatic heterocycles. The van der Waals surface area contributed by atoms with Gasteiger partial charge in [-0.15, -0.1) is 11.3 Å². The molecule has 1 unspecified atom stereocenters. The summed E-state index contributed by atoms with van der Waals surface area (Å²) in [7, 11) is 0. The van der Waals surface area contributed by atoms with Crippen LogP contribution in [0.3, 0.4) is 0 Å². The summed E-state index contributed by atoms with van der Waals surface area (Å²) in [6, 6.07) is -0.460. The zero-order valence-electron chi connectivity index (χ0n) is 13.0. The smallest absolute Gasteiger partial charge is 0.320 e. The fourth-order valence-electron chi connectivity index (χ4n) is 2.96. The first kappa shape index (κ1) is 16.9. The van der Waals surface area contributed by atoms with Gasteiger partial charge in [-0.2, -0.15) is 0 Å². The number of thiazole rings is 1. The molecule has 0 aromatic carbocycles. The summed E-state index contributed by atoms with van der Waals surface area (Å²) in [6.07, 6.45) is 1.51. The maximum Gasteiger partial charge on any atom is 0.320 e. The average Bonchev–Trinajstić information content (AvgIpc) is 3.11. The van der Waals surface area contributed by atoms with Gasteiger partial charge in [0.1, 0.15) is 6.04 Å². The Morgan fingerprint density at radius 3 is 2.91 bits per heavy atom. The van der Waals surface area contributed by atoms with E-state index in [0.29, 0.717) is 19.5 Å². The summed E-state index contributed by atoms with van der Waals surface area (Å²) in [4.78, 5) is 28.9. The van der Waals surface area contributed by atoms with Crippen LogP contribution in [0.5, 0.6) is 0 Å². The van der Waals surface area contributed by atoms with Gasteiger partial charge in [-0.1, -0.05) is 13.3 Å². The van der Waals surface area contributed by atoms with E-state index in [0.717, 1.165) is 18.7 Å². The number of hydrogen-bond acceptors (Lipinski definition) is 5. The summed E-state index contributed by atoms with van der Waals surface area (Å²) < 4.78 is 0. The van der Waals surface area contributed by atoms with Gasteiger partial charge >= 0.3 is 5.97 Å². The van der Waals surface area contributed by atoms with Gasteiger partial charge < -0.3 is 10.4 Å². The van der Waals surface area contributed by atoms with Gasteiger partial charge in [0.15, 0.2) is 0 Å². The molecule has 3 atom stereocenters. The molecule has 1 aromatic heterocycles. The quantitative estimate of drug-likeness (QED) is 0.795. The number of hydrogen-bond donors (Lipinski definition) is 2. The minimum absolute atomic E-state index is 0.0463. The second-order valence-corrected chi connectivity index (χ2v) is 6.58. The van der Waals surface area contributed by atoms with Crippen molar-refractivity contribution in [3.63, 3.8) is 0 Å². The summed E-state index contributed by atoms with van der Waals surface area (Å²) >= 11 is 1.54. The minimum atomic E-state index is -0.771. The van der Waals surface area contributed by atoms with Crippen molar-refractivity contribution in [3.8, 4) is 0 Å². The molecule has 1 amide bonds. The van der Waals surface area contributed by atoms with E-state index in [-0.39, 0.29) is 17.7 Å². The number of likely N-dealkylation sites (tertiary alicyclic amines) is 1. The van der Waals surface area contributed by atoms with Gasteiger partial charge in [-0.25, -0.2) is 4.98 Å². The van der Waals surface area contributed by atoms with Crippen LogP contribution in [-0.4, -0.2) is 52.5 Å². The molecule has 2 N–H and O–H groups in total. The first-order chi connectivity index (χ1) is 10.5. The lowest BCUT2D eigenvalue weighted by molar-refractivity contribution is -0.142. The predicted molar refractivity (Wildman–Crippen MR) is 84.9 cm³/mol. The highest BCUT2D eigenvalue weighted by atomic mass is 32.1. The highest BCUT2D eigenvalue weighted by molar-refractivity contribution is 7.07. The van der Waals surface area contributed by atoms with E-state index in [2.05, 4.69) is 17.2 Å². The van der Waals surface area contributed by atoms with E-state index in [4.69, 9.17) is 0 Å². The molecule has 0 radical (unpaired) electrons. The van der Waals surface area contributed by atoms with Crippen molar-refractivity contribution in [3.05, 3.63) is 16.6 Å². The summed E-state index contributed by atoms with van der Waals surface area (Å²) in [5.41, 5.74) is 2.79. The minimum Gasteiger partial charge on any atom is -0.480 e. The Balaban J connectivity index is 2.00. The third-order valence-corrected chi connectivity index (χ3v) is 4.87. The number of nitrogens with one attached hydrogen (secondary N) is 1. The zero-order valence-corrected chi connectivity index (χ0v) is 13.8. The van der Waals surface area contributed by atoms with Crippen molar-refractivity contribution in [1.82, 2.24) is 15.2 Å². The van der Waals surface area contributed by atoms with Crippen LogP contribution in [0.2, 0.25) is 0 Å². The van der Waals surface area contributed by atoms with E-state index in [1.54, 1.807) is 16.8 Å². The molecule has 122 valence electrons. The monoisotopic (exact) mass is 325 g/mol. The number of nitrogens with zero attached hydrogens (tertiary/aromatic N) is 2. The van der Waals surface area contributed by atoms with Crippen molar-refractivity contribution in [2.24, 2.45) is 5.92 Å². The second-order valence-electron chi connectivity index (χ2n) is 5.87. The molecule has 2 rings (SSSR count). The van der Waals surface area contributed by atoms with E-state index < -0.39 is 12.0 Å². The summed E-state index contributed by atoms with van der Waals surface area (Å²) in [6.45, 7) is 5.57. The second kappa shape index (κ2) is 7.69. The number of carbonyl (C=O) groups excluding carboxylic acids is 1. The Bertz CT molecular complexity index is 506. The van der Waals surface area contributed by atoms with Gasteiger partial charge in [-0.3, -0.25) is 14.5 Å². The molecule has 2 heterocycles. The maximum absolute atomic E-state index is 11.5. The third-order valence-electron chi connectivity index (χ3n) is 4.27. The molecule has 1 fully saturated rings. The number of aromatic nitrogens is 1. The molecule has 7 heteroatoms. The molecule has 6 nitrogen and oxygen atoms in total. The Hall–Kier alpha value is -1.47. The molecule has 0 bridgehead atoms. The lowest BCUT2D eigenvalue weighted by Crippen LogP contribution is -2.41. The van der Waals surface area contributed by atoms with Crippen LogP contribution >= 0.6 is 11.3 Å². The molecule has 1 aromatic rings. The van der Waals surface area contributed by atoms with E-state index >= 15 is 0 Å². The largest absolute Gasteiger partial charge is 0.480 e. The normalized spacial score (nSPS) is 23.4. The first-order valence-electron chi connectivity index (χ1n) is 7.60. The van der Waals surface area contributed by atoms with Gasteiger partial charge in [0, 0.05) is 37.9 Å². The SMILES string of the molecule is CCC(CNC(C)=O)CN1C[C@H](c2cscn2)C[C@@H]1C(=O)O. The average molecular weight is 325 g/mol. The Morgan fingerprint density at radius 2 is 2.36 bits per heavy atom. The summed E-state index contributed by atoms with van der Waals surface area (Å²) in [5.74, 6) is -0.368. The van der Waals surface area contributed by atoms with Crippen molar-refractivity contribution >= 4 is 23.2 Å². The maximum atomic E-state index is 11.5. The van der Waals surface area contributed by atoms with Crippen LogP contribution in [-0.2, 0) is 9.59 Å². The van der Waals surface area contributed by atoms with E-state index in [9.17, 15) is 14.7 Å². The molecule has 0 aliphatic carbocycles. The third kappa shape index (κ3) is 4.27. The van der Waals surface area contributed by atoms with Gasteiger partial charge in [-0.05, 0) is 12.3 Å². The van der Waals surface area contributed by atoms with Crippen LogP contribution in [0.15, 0.2) is 10.9 Å².